The van der Waals surface area contributed by atoms with Gasteiger partial charge in [-0.25, -0.2) is 0 Å². The zero-order valence-electron chi connectivity index (χ0n) is 11.5. The summed E-state index contributed by atoms with van der Waals surface area (Å²) in [6, 6.07) is 5.65. The summed E-state index contributed by atoms with van der Waals surface area (Å²) in [5, 5.41) is 2.68. The predicted molar refractivity (Wildman–Crippen MR) is 78.3 cm³/mol. The van der Waals surface area contributed by atoms with E-state index in [2.05, 4.69) is 21.2 Å². The van der Waals surface area contributed by atoms with Crippen LogP contribution in [0.15, 0.2) is 22.7 Å². The van der Waals surface area contributed by atoms with Gasteiger partial charge in [0.15, 0.2) is 0 Å². The lowest BCUT2D eigenvalue weighted by atomic mass is 10.1. The maximum absolute atomic E-state index is 12.2. The van der Waals surface area contributed by atoms with E-state index in [4.69, 9.17) is 4.74 Å². The van der Waals surface area contributed by atoms with E-state index >= 15 is 0 Å². The van der Waals surface area contributed by atoms with Gasteiger partial charge in [0.25, 0.3) is 0 Å². The van der Waals surface area contributed by atoms with Crippen molar-refractivity contribution in [1.82, 2.24) is 10.2 Å². The number of rotatable bonds is 4. The van der Waals surface area contributed by atoms with Gasteiger partial charge in [0.2, 0.25) is 11.8 Å². The summed E-state index contributed by atoms with van der Waals surface area (Å²) >= 11 is 3.47. The third-order valence-corrected chi connectivity index (χ3v) is 4.14. The van der Waals surface area contributed by atoms with E-state index in [1.165, 1.54) is 0 Å². The fourth-order valence-corrected chi connectivity index (χ4v) is 2.60. The third kappa shape index (κ3) is 3.30. The van der Waals surface area contributed by atoms with E-state index in [1.54, 1.807) is 19.1 Å². The molecule has 0 saturated carbocycles. The van der Waals surface area contributed by atoms with E-state index in [9.17, 15) is 9.59 Å². The molecule has 1 unspecified atom stereocenters. The highest BCUT2D eigenvalue weighted by molar-refractivity contribution is 9.10. The number of carbonyl (C=O) groups excluding carboxylic acids is 2. The zero-order chi connectivity index (χ0) is 14.7. The van der Waals surface area contributed by atoms with Crippen molar-refractivity contribution >= 4 is 27.7 Å². The number of hydrogen-bond acceptors (Lipinski definition) is 3. The topological polar surface area (TPSA) is 58.6 Å². The van der Waals surface area contributed by atoms with Crippen LogP contribution in [0.4, 0.5) is 0 Å². The number of hydrogen-bond donors (Lipinski definition) is 1. The van der Waals surface area contributed by atoms with Crippen molar-refractivity contribution in [3.63, 3.8) is 0 Å². The maximum atomic E-state index is 12.2. The maximum Gasteiger partial charge on any atom is 0.228 e. The molecule has 1 aliphatic heterocycles. The SMILES string of the molecule is COc1ccc(Br)c(CN(C)C(=O)C2CNC(=O)C2)c1. The minimum absolute atomic E-state index is 0.0157. The summed E-state index contributed by atoms with van der Waals surface area (Å²) in [5.41, 5.74) is 0.970. The third-order valence-electron chi connectivity index (χ3n) is 3.36. The molecule has 0 bridgehead atoms. The van der Waals surface area contributed by atoms with Crippen molar-refractivity contribution in [2.75, 3.05) is 20.7 Å². The molecule has 2 rings (SSSR count). The Labute approximate surface area is 126 Å². The van der Waals surface area contributed by atoms with Gasteiger partial charge in [0.05, 0.1) is 13.0 Å². The number of ether oxygens (including phenoxy) is 1. The molecule has 1 heterocycles. The number of amides is 2. The first-order chi connectivity index (χ1) is 9.51. The van der Waals surface area contributed by atoms with Crippen LogP contribution in [0.2, 0.25) is 0 Å². The molecule has 108 valence electrons. The highest BCUT2D eigenvalue weighted by atomic mass is 79.9. The van der Waals surface area contributed by atoms with Gasteiger partial charge < -0.3 is 15.0 Å². The van der Waals surface area contributed by atoms with Gasteiger partial charge in [-0.15, -0.1) is 0 Å². The van der Waals surface area contributed by atoms with Crippen LogP contribution in [-0.2, 0) is 16.1 Å². The highest BCUT2D eigenvalue weighted by Crippen LogP contribution is 2.24. The monoisotopic (exact) mass is 340 g/mol. The Morgan fingerprint density at radius 2 is 2.30 bits per heavy atom. The van der Waals surface area contributed by atoms with E-state index < -0.39 is 0 Å². The van der Waals surface area contributed by atoms with Gasteiger partial charge in [0, 0.05) is 31.0 Å². The molecular weight excluding hydrogens is 324 g/mol. The van der Waals surface area contributed by atoms with E-state index in [0.29, 0.717) is 13.1 Å². The van der Waals surface area contributed by atoms with Gasteiger partial charge in [0.1, 0.15) is 5.75 Å². The van der Waals surface area contributed by atoms with Gasteiger partial charge in [-0.3, -0.25) is 9.59 Å². The minimum Gasteiger partial charge on any atom is -0.497 e. The molecular formula is C14H17BrN2O3. The molecule has 0 spiro atoms. The Morgan fingerprint density at radius 3 is 2.90 bits per heavy atom. The van der Waals surface area contributed by atoms with Crippen molar-refractivity contribution < 1.29 is 14.3 Å². The Bertz CT molecular complexity index is 533. The van der Waals surface area contributed by atoms with Crippen LogP contribution in [0.3, 0.4) is 0 Å². The summed E-state index contributed by atoms with van der Waals surface area (Å²) in [6.45, 7) is 0.905. The van der Waals surface area contributed by atoms with Crippen LogP contribution in [0, 0.1) is 5.92 Å². The van der Waals surface area contributed by atoms with Crippen molar-refractivity contribution in [2.24, 2.45) is 5.92 Å². The zero-order valence-corrected chi connectivity index (χ0v) is 13.1. The molecule has 1 fully saturated rings. The minimum atomic E-state index is -0.253. The molecule has 0 aromatic heterocycles. The molecule has 5 nitrogen and oxygen atoms in total. The summed E-state index contributed by atoms with van der Waals surface area (Å²) in [6.07, 6.45) is 0.280. The summed E-state index contributed by atoms with van der Waals surface area (Å²) in [4.78, 5) is 25.1. The van der Waals surface area contributed by atoms with Gasteiger partial charge in [-0.05, 0) is 23.8 Å². The number of nitrogens with zero attached hydrogens (tertiary/aromatic N) is 1. The molecule has 20 heavy (non-hydrogen) atoms. The molecule has 1 saturated heterocycles. The van der Waals surface area contributed by atoms with Crippen LogP contribution in [0.25, 0.3) is 0 Å². The first kappa shape index (κ1) is 14.8. The second-order valence-electron chi connectivity index (χ2n) is 4.86. The average Bonchev–Trinajstić information content (AvgIpc) is 2.87. The van der Waals surface area contributed by atoms with E-state index in [1.807, 2.05) is 18.2 Å². The number of nitrogens with one attached hydrogen (secondary N) is 1. The van der Waals surface area contributed by atoms with Crippen molar-refractivity contribution in [2.45, 2.75) is 13.0 Å². The first-order valence-corrected chi connectivity index (χ1v) is 7.14. The smallest absolute Gasteiger partial charge is 0.228 e. The quantitative estimate of drug-likeness (QED) is 0.904. The van der Waals surface area contributed by atoms with Crippen LogP contribution in [0.1, 0.15) is 12.0 Å². The molecule has 1 aromatic rings. The molecule has 0 aliphatic carbocycles. The highest BCUT2D eigenvalue weighted by Gasteiger charge is 2.30. The first-order valence-electron chi connectivity index (χ1n) is 6.35. The molecule has 1 atom stereocenters. The van der Waals surface area contributed by atoms with Gasteiger partial charge in [-0.1, -0.05) is 15.9 Å². The largest absolute Gasteiger partial charge is 0.497 e. The van der Waals surface area contributed by atoms with Crippen molar-refractivity contribution in [1.29, 1.82) is 0 Å². The standard InChI is InChI=1S/C14H17BrN2O3/c1-17(14(19)9-6-13(18)16-7-9)8-10-5-11(20-2)3-4-12(10)15/h3-5,9H,6-8H2,1-2H3,(H,16,18). The number of benzene rings is 1. The lowest BCUT2D eigenvalue weighted by Crippen LogP contribution is -2.33. The average molecular weight is 341 g/mol. The Hall–Kier alpha value is -1.56. The van der Waals surface area contributed by atoms with Crippen molar-refractivity contribution in [3.8, 4) is 5.75 Å². The second kappa shape index (κ2) is 6.26. The molecule has 1 aromatic carbocycles. The number of methoxy groups -OCH3 is 1. The second-order valence-corrected chi connectivity index (χ2v) is 5.71. The molecule has 1 aliphatic rings. The molecule has 0 radical (unpaired) electrons. The summed E-state index contributed by atoms with van der Waals surface area (Å²) < 4.78 is 6.12. The molecule has 1 N–H and O–H groups in total. The lowest BCUT2D eigenvalue weighted by Gasteiger charge is -2.21. The molecule has 2 amide bonds. The fraction of sp³-hybridized carbons (Fsp3) is 0.429. The normalized spacial score (nSPS) is 17.8. The van der Waals surface area contributed by atoms with Crippen LogP contribution in [-0.4, -0.2) is 37.4 Å². The predicted octanol–water partition coefficient (Wildman–Crippen LogP) is 1.55. The Balaban J connectivity index is 2.05. The Morgan fingerprint density at radius 1 is 1.55 bits per heavy atom. The van der Waals surface area contributed by atoms with Gasteiger partial charge in [-0.2, -0.15) is 0 Å². The van der Waals surface area contributed by atoms with E-state index in [-0.39, 0.29) is 24.2 Å². The van der Waals surface area contributed by atoms with E-state index in [0.717, 1.165) is 15.8 Å². The van der Waals surface area contributed by atoms with Crippen LogP contribution in [0.5, 0.6) is 5.75 Å². The summed E-state index contributed by atoms with van der Waals surface area (Å²) in [5.74, 6) is 0.427. The van der Waals surface area contributed by atoms with Crippen LogP contribution >= 0.6 is 15.9 Å². The number of halogens is 1. The number of carbonyl (C=O) groups is 2. The van der Waals surface area contributed by atoms with Crippen LogP contribution < -0.4 is 10.1 Å². The van der Waals surface area contributed by atoms with Gasteiger partial charge >= 0.3 is 0 Å². The Kier molecular flexibility index (Phi) is 4.65. The molecule has 6 heteroatoms. The summed E-state index contributed by atoms with van der Waals surface area (Å²) in [7, 11) is 3.36. The fourth-order valence-electron chi connectivity index (χ4n) is 2.22. The van der Waals surface area contributed by atoms with Crippen molar-refractivity contribution in [3.05, 3.63) is 28.2 Å². The lowest BCUT2D eigenvalue weighted by molar-refractivity contribution is -0.135.